The van der Waals surface area contributed by atoms with Gasteiger partial charge < -0.3 is 11.5 Å². The smallest absolute Gasteiger partial charge is 0.399 e. The van der Waals surface area contributed by atoms with E-state index in [4.69, 9.17) is 11.5 Å². The molecule has 0 heterocycles. The van der Waals surface area contributed by atoms with Gasteiger partial charge in [0.1, 0.15) is 0 Å². The first-order chi connectivity index (χ1) is 9.62. The van der Waals surface area contributed by atoms with E-state index in [-0.39, 0.29) is 5.69 Å². The molecule has 0 unspecified atom stereocenters. The molecule has 112 valence electrons. The van der Waals surface area contributed by atoms with Crippen molar-refractivity contribution in [2.45, 2.75) is 25.4 Å². The highest BCUT2D eigenvalue weighted by Crippen LogP contribution is 2.39. The fraction of sp³-hybridized carbons (Fsp3) is 0.250. The van der Waals surface area contributed by atoms with Gasteiger partial charge in [-0.15, -0.1) is 0 Å². The number of nitrogen functional groups attached to an aromatic ring is 2. The van der Waals surface area contributed by atoms with E-state index in [1.165, 1.54) is 6.07 Å². The Morgan fingerprint density at radius 3 is 2.05 bits per heavy atom. The average Bonchev–Trinajstić information content (AvgIpc) is 2.37. The highest BCUT2D eigenvalue weighted by atomic mass is 19.4. The lowest BCUT2D eigenvalue weighted by Crippen LogP contribution is -2.21. The summed E-state index contributed by atoms with van der Waals surface area (Å²) >= 11 is 0. The Bertz CT molecular complexity index is 661. The van der Waals surface area contributed by atoms with Gasteiger partial charge >= 0.3 is 6.18 Å². The Morgan fingerprint density at radius 2 is 1.48 bits per heavy atom. The Hall–Kier alpha value is -2.17. The average molecular weight is 294 g/mol. The molecule has 21 heavy (non-hydrogen) atoms. The van der Waals surface area contributed by atoms with E-state index in [9.17, 15) is 13.2 Å². The molecule has 5 heteroatoms. The summed E-state index contributed by atoms with van der Waals surface area (Å²) in [6, 6.07) is 11.2. The fourth-order valence-corrected chi connectivity index (χ4v) is 2.28. The van der Waals surface area contributed by atoms with Crippen LogP contribution in [0.15, 0.2) is 42.5 Å². The number of alkyl halides is 3. The third-order valence-corrected chi connectivity index (χ3v) is 3.69. The highest BCUT2D eigenvalue weighted by Gasteiger charge is 2.35. The zero-order valence-corrected chi connectivity index (χ0v) is 11.8. The number of hydrogen-bond acceptors (Lipinski definition) is 2. The first kappa shape index (κ1) is 15.2. The molecule has 0 saturated heterocycles. The number of hydrogen-bond donors (Lipinski definition) is 2. The summed E-state index contributed by atoms with van der Waals surface area (Å²) in [4.78, 5) is 0. The van der Waals surface area contributed by atoms with Crippen LogP contribution in [0.25, 0.3) is 0 Å². The van der Waals surface area contributed by atoms with Crippen LogP contribution in [0.2, 0.25) is 0 Å². The maximum absolute atomic E-state index is 13.0. The monoisotopic (exact) mass is 294 g/mol. The van der Waals surface area contributed by atoms with E-state index in [2.05, 4.69) is 0 Å². The lowest BCUT2D eigenvalue weighted by molar-refractivity contribution is -0.137. The predicted molar refractivity (Wildman–Crippen MR) is 78.8 cm³/mol. The van der Waals surface area contributed by atoms with Gasteiger partial charge in [0.2, 0.25) is 0 Å². The quantitative estimate of drug-likeness (QED) is 0.816. The van der Waals surface area contributed by atoms with Gasteiger partial charge in [0, 0.05) is 16.8 Å². The molecule has 0 fully saturated rings. The lowest BCUT2D eigenvalue weighted by Gasteiger charge is -2.27. The lowest BCUT2D eigenvalue weighted by atomic mass is 9.77. The van der Waals surface area contributed by atoms with Crippen molar-refractivity contribution >= 4 is 11.4 Å². The van der Waals surface area contributed by atoms with E-state index in [1.807, 2.05) is 19.9 Å². The van der Waals surface area contributed by atoms with Crippen molar-refractivity contribution in [1.29, 1.82) is 0 Å². The van der Waals surface area contributed by atoms with Crippen molar-refractivity contribution in [1.82, 2.24) is 0 Å². The molecule has 0 bridgehead atoms. The predicted octanol–water partition coefficient (Wildman–Crippen LogP) is 4.20. The zero-order chi connectivity index (χ0) is 15.8. The van der Waals surface area contributed by atoms with Gasteiger partial charge in [-0.1, -0.05) is 32.0 Å². The maximum Gasteiger partial charge on any atom is 0.418 e. The molecule has 2 aromatic rings. The van der Waals surface area contributed by atoms with Crippen molar-refractivity contribution in [2.24, 2.45) is 0 Å². The molecule has 0 aliphatic heterocycles. The summed E-state index contributed by atoms with van der Waals surface area (Å²) in [5, 5.41) is 0. The summed E-state index contributed by atoms with van der Waals surface area (Å²) in [6.07, 6.45) is -4.47. The number of rotatable bonds is 2. The first-order valence-electron chi connectivity index (χ1n) is 6.45. The van der Waals surface area contributed by atoms with Crippen LogP contribution in [-0.2, 0) is 11.6 Å². The normalized spacial score (nSPS) is 12.4. The largest absolute Gasteiger partial charge is 0.418 e. The molecule has 0 spiro atoms. The van der Waals surface area contributed by atoms with Crippen LogP contribution < -0.4 is 11.5 Å². The van der Waals surface area contributed by atoms with Crippen molar-refractivity contribution in [3.05, 3.63) is 59.2 Å². The minimum atomic E-state index is -4.47. The zero-order valence-electron chi connectivity index (χ0n) is 11.8. The number of benzene rings is 2. The molecular weight excluding hydrogens is 277 g/mol. The number of halogens is 3. The van der Waals surface area contributed by atoms with Crippen molar-refractivity contribution in [3.8, 4) is 0 Å². The van der Waals surface area contributed by atoms with Crippen LogP contribution in [-0.4, -0.2) is 0 Å². The van der Waals surface area contributed by atoms with E-state index in [1.54, 1.807) is 24.3 Å². The molecule has 0 radical (unpaired) electrons. The van der Waals surface area contributed by atoms with Gasteiger partial charge in [-0.2, -0.15) is 13.2 Å². The fourth-order valence-electron chi connectivity index (χ4n) is 2.28. The highest BCUT2D eigenvalue weighted by molar-refractivity contribution is 5.54. The van der Waals surface area contributed by atoms with Crippen LogP contribution in [0.1, 0.15) is 30.5 Å². The van der Waals surface area contributed by atoms with E-state index in [0.717, 1.165) is 11.6 Å². The summed E-state index contributed by atoms with van der Waals surface area (Å²) in [5.74, 6) is 0. The first-order valence-corrected chi connectivity index (χ1v) is 6.45. The number of nitrogens with two attached hydrogens (primary N) is 2. The Balaban J connectivity index is 2.55. The van der Waals surface area contributed by atoms with Crippen LogP contribution in [0, 0.1) is 0 Å². The molecule has 0 aliphatic rings. The molecule has 2 rings (SSSR count). The molecule has 0 aromatic heterocycles. The molecule has 2 nitrogen and oxygen atoms in total. The number of anilines is 2. The molecule has 4 N–H and O–H groups in total. The van der Waals surface area contributed by atoms with Crippen molar-refractivity contribution in [3.63, 3.8) is 0 Å². The maximum atomic E-state index is 13.0. The summed E-state index contributed by atoms with van der Waals surface area (Å²) < 4.78 is 39.0. The van der Waals surface area contributed by atoms with Crippen LogP contribution in [0.4, 0.5) is 24.5 Å². The minimum Gasteiger partial charge on any atom is -0.399 e. The van der Waals surface area contributed by atoms with Gasteiger partial charge in [-0.25, -0.2) is 0 Å². The van der Waals surface area contributed by atoms with E-state index < -0.39 is 17.2 Å². The Kier molecular flexibility index (Phi) is 3.61. The molecule has 2 aromatic carbocycles. The van der Waals surface area contributed by atoms with Crippen LogP contribution >= 0.6 is 0 Å². The van der Waals surface area contributed by atoms with Crippen molar-refractivity contribution in [2.75, 3.05) is 11.5 Å². The minimum absolute atomic E-state index is 0.269. The standard InChI is InChI=1S/C16H17F3N2/c1-15(2,10-4-3-5-12(20)8-10)11-6-7-14(21)13(9-11)16(17,18)19/h3-9H,20-21H2,1-2H3. The molecular formula is C16H17F3N2. The van der Waals surface area contributed by atoms with Crippen LogP contribution in [0.3, 0.4) is 0 Å². The molecule has 0 saturated carbocycles. The Labute approximate surface area is 121 Å². The van der Waals surface area contributed by atoms with Gasteiger partial charge in [0.05, 0.1) is 5.56 Å². The summed E-state index contributed by atoms with van der Waals surface area (Å²) in [6.45, 7) is 3.71. The summed E-state index contributed by atoms with van der Waals surface area (Å²) in [7, 11) is 0. The van der Waals surface area contributed by atoms with Gasteiger partial charge in [0.25, 0.3) is 0 Å². The second-order valence-corrected chi connectivity index (χ2v) is 5.55. The summed E-state index contributed by atoms with van der Waals surface area (Å²) in [5.41, 5.74) is 11.5. The van der Waals surface area contributed by atoms with Gasteiger partial charge in [-0.3, -0.25) is 0 Å². The third-order valence-electron chi connectivity index (χ3n) is 3.69. The second-order valence-electron chi connectivity index (χ2n) is 5.55. The van der Waals surface area contributed by atoms with Gasteiger partial charge in [-0.05, 0) is 35.4 Å². The van der Waals surface area contributed by atoms with E-state index >= 15 is 0 Å². The SMILES string of the molecule is CC(C)(c1cccc(N)c1)c1ccc(N)c(C(F)(F)F)c1. The topological polar surface area (TPSA) is 52.0 Å². The molecule has 0 atom stereocenters. The molecule has 0 aliphatic carbocycles. The van der Waals surface area contributed by atoms with Gasteiger partial charge in [0.15, 0.2) is 0 Å². The van der Waals surface area contributed by atoms with Crippen molar-refractivity contribution < 1.29 is 13.2 Å². The van der Waals surface area contributed by atoms with Crippen LogP contribution in [0.5, 0.6) is 0 Å². The second kappa shape index (κ2) is 4.98. The molecule has 0 amide bonds. The van der Waals surface area contributed by atoms with E-state index in [0.29, 0.717) is 11.3 Å². The Morgan fingerprint density at radius 1 is 0.857 bits per heavy atom. The third kappa shape index (κ3) is 2.96.